The van der Waals surface area contributed by atoms with E-state index in [-0.39, 0.29) is 18.1 Å². The maximum atomic E-state index is 12.8. The van der Waals surface area contributed by atoms with Crippen LogP contribution < -0.4 is 10.1 Å². The summed E-state index contributed by atoms with van der Waals surface area (Å²) in [4.78, 5) is 27.0. The summed E-state index contributed by atoms with van der Waals surface area (Å²) < 4.78 is 6.12. The van der Waals surface area contributed by atoms with Crippen molar-refractivity contribution in [2.24, 2.45) is 5.92 Å². The minimum absolute atomic E-state index is 0.0415. The van der Waals surface area contributed by atoms with E-state index in [1.54, 1.807) is 0 Å². The molecule has 3 aliphatic rings. The van der Waals surface area contributed by atoms with Crippen molar-refractivity contribution in [3.63, 3.8) is 0 Å². The van der Waals surface area contributed by atoms with Crippen LogP contribution in [-0.2, 0) is 11.2 Å². The number of hydrogen-bond acceptors (Lipinski definition) is 3. The lowest BCUT2D eigenvalue weighted by atomic mass is 9.87. The summed E-state index contributed by atoms with van der Waals surface area (Å²) in [6.45, 7) is 1.56. The SMILES string of the molecule is O=C(N[C@H]1CCCc2ccccc21)c1ccc(OC2CCN(C(=O)C3CC3)CC2)cc1. The monoisotopic (exact) mass is 418 g/mol. The normalized spacial score (nSPS) is 21.3. The largest absolute Gasteiger partial charge is 0.490 e. The van der Waals surface area contributed by atoms with Crippen molar-refractivity contribution in [3.8, 4) is 5.75 Å². The number of ether oxygens (including phenoxy) is 1. The molecular formula is C26H30N2O3. The lowest BCUT2D eigenvalue weighted by molar-refractivity contribution is -0.134. The molecular weight excluding hydrogens is 388 g/mol. The molecule has 0 unspecified atom stereocenters. The number of fused-ring (bicyclic) bond motifs is 1. The molecule has 5 heteroatoms. The summed E-state index contributed by atoms with van der Waals surface area (Å²) in [5, 5.41) is 3.20. The van der Waals surface area contributed by atoms with E-state index in [4.69, 9.17) is 4.74 Å². The molecule has 1 N–H and O–H groups in total. The Labute approximate surface area is 183 Å². The molecule has 1 saturated heterocycles. The van der Waals surface area contributed by atoms with Gasteiger partial charge in [-0.05, 0) is 67.5 Å². The number of hydrogen-bond donors (Lipinski definition) is 1. The zero-order chi connectivity index (χ0) is 21.2. The van der Waals surface area contributed by atoms with Gasteiger partial charge in [-0.15, -0.1) is 0 Å². The summed E-state index contributed by atoms with van der Waals surface area (Å²) in [6.07, 6.45) is 7.13. The third-order valence-electron chi connectivity index (χ3n) is 6.77. The van der Waals surface area contributed by atoms with Gasteiger partial charge >= 0.3 is 0 Å². The van der Waals surface area contributed by atoms with Crippen LogP contribution in [0, 0.1) is 5.92 Å². The Morgan fingerprint density at radius 3 is 2.39 bits per heavy atom. The second-order valence-electron chi connectivity index (χ2n) is 9.06. The van der Waals surface area contributed by atoms with E-state index in [1.165, 1.54) is 11.1 Å². The van der Waals surface area contributed by atoms with Crippen LogP contribution in [-0.4, -0.2) is 35.9 Å². The fourth-order valence-electron chi connectivity index (χ4n) is 4.81. The van der Waals surface area contributed by atoms with Crippen molar-refractivity contribution in [2.45, 2.75) is 57.1 Å². The summed E-state index contributed by atoms with van der Waals surface area (Å²) >= 11 is 0. The van der Waals surface area contributed by atoms with Gasteiger partial charge in [0, 0.05) is 37.4 Å². The number of nitrogens with one attached hydrogen (secondary N) is 1. The van der Waals surface area contributed by atoms with Gasteiger partial charge in [-0.3, -0.25) is 9.59 Å². The molecule has 2 aromatic carbocycles. The molecule has 31 heavy (non-hydrogen) atoms. The third kappa shape index (κ3) is 4.60. The first-order valence-corrected chi connectivity index (χ1v) is 11.6. The van der Waals surface area contributed by atoms with Gasteiger partial charge in [0.15, 0.2) is 0 Å². The first-order valence-electron chi connectivity index (χ1n) is 11.6. The van der Waals surface area contributed by atoms with Gasteiger partial charge in [0.25, 0.3) is 5.91 Å². The Balaban J connectivity index is 1.14. The quantitative estimate of drug-likeness (QED) is 0.789. The topological polar surface area (TPSA) is 58.6 Å². The van der Waals surface area contributed by atoms with Gasteiger partial charge in [0.2, 0.25) is 5.91 Å². The van der Waals surface area contributed by atoms with Gasteiger partial charge in [-0.1, -0.05) is 24.3 Å². The highest BCUT2D eigenvalue weighted by Crippen LogP contribution is 2.32. The molecule has 2 amide bonds. The molecule has 2 aromatic rings. The second-order valence-corrected chi connectivity index (χ2v) is 9.06. The van der Waals surface area contributed by atoms with E-state index in [0.29, 0.717) is 17.4 Å². The number of nitrogens with zero attached hydrogens (tertiary/aromatic N) is 1. The van der Waals surface area contributed by atoms with Crippen molar-refractivity contribution in [3.05, 3.63) is 65.2 Å². The van der Waals surface area contributed by atoms with E-state index in [1.807, 2.05) is 35.2 Å². The molecule has 162 valence electrons. The first kappa shape index (κ1) is 20.1. The smallest absolute Gasteiger partial charge is 0.251 e. The molecule has 5 nitrogen and oxygen atoms in total. The maximum absolute atomic E-state index is 12.8. The summed E-state index contributed by atoms with van der Waals surface area (Å²) in [7, 11) is 0. The lowest BCUT2D eigenvalue weighted by Crippen LogP contribution is -2.42. The molecule has 0 bridgehead atoms. The average molecular weight is 419 g/mol. The van der Waals surface area contributed by atoms with Gasteiger partial charge in [-0.2, -0.15) is 0 Å². The van der Waals surface area contributed by atoms with Crippen LogP contribution in [0.1, 0.15) is 66.1 Å². The van der Waals surface area contributed by atoms with Crippen LogP contribution in [0.25, 0.3) is 0 Å². The number of rotatable bonds is 5. The molecule has 2 fully saturated rings. The molecule has 5 rings (SSSR count). The van der Waals surface area contributed by atoms with Gasteiger partial charge in [0.05, 0.1) is 6.04 Å². The van der Waals surface area contributed by atoms with Crippen molar-refractivity contribution in [1.29, 1.82) is 0 Å². The van der Waals surface area contributed by atoms with Crippen LogP contribution >= 0.6 is 0 Å². The lowest BCUT2D eigenvalue weighted by Gasteiger charge is -2.32. The molecule has 1 heterocycles. The number of aryl methyl sites for hydroxylation is 1. The number of carbonyl (C=O) groups is 2. The molecule has 0 spiro atoms. The minimum atomic E-state index is -0.0415. The van der Waals surface area contributed by atoms with E-state index >= 15 is 0 Å². The molecule has 0 radical (unpaired) electrons. The van der Waals surface area contributed by atoms with Crippen LogP contribution in [0.2, 0.25) is 0 Å². The molecule has 0 aromatic heterocycles. The van der Waals surface area contributed by atoms with Crippen molar-refractivity contribution < 1.29 is 14.3 Å². The van der Waals surface area contributed by atoms with E-state index in [9.17, 15) is 9.59 Å². The first-order chi connectivity index (χ1) is 15.2. The average Bonchev–Trinajstić information content (AvgIpc) is 3.65. The Kier molecular flexibility index (Phi) is 5.66. The predicted octanol–water partition coefficient (Wildman–Crippen LogP) is 4.27. The fourth-order valence-corrected chi connectivity index (χ4v) is 4.81. The van der Waals surface area contributed by atoms with Gasteiger partial charge in [0.1, 0.15) is 11.9 Å². The number of carbonyl (C=O) groups excluding carboxylic acids is 2. The third-order valence-corrected chi connectivity index (χ3v) is 6.77. The van der Waals surface area contributed by atoms with E-state index in [2.05, 4.69) is 23.5 Å². The predicted molar refractivity (Wildman–Crippen MR) is 119 cm³/mol. The van der Waals surface area contributed by atoms with Gasteiger partial charge in [-0.25, -0.2) is 0 Å². The van der Waals surface area contributed by atoms with E-state index < -0.39 is 0 Å². The Hall–Kier alpha value is -2.82. The van der Waals surface area contributed by atoms with Crippen LogP contribution in [0.5, 0.6) is 5.75 Å². The van der Waals surface area contributed by atoms with Crippen molar-refractivity contribution >= 4 is 11.8 Å². The summed E-state index contributed by atoms with van der Waals surface area (Å²) in [6, 6.07) is 15.9. The zero-order valence-electron chi connectivity index (χ0n) is 17.9. The number of amides is 2. The number of benzene rings is 2. The van der Waals surface area contributed by atoms with Crippen LogP contribution in [0.15, 0.2) is 48.5 Å². The Bertz CT molecular complexity index is 943. The molecule has 1 aliphatic heterocycles. The number of likely N-dealkylation sites (tertiary alicyclic amines) is 1. The summed E-state index contributed by atoms with van der Waals surface area (Å²) in [5.74, 6) is 1.36. The molecule has 1 saturated carbocycles. The van der Waals surface area contributed by atoms with E-state index in [0.717, 1.165) is 63.8 Å². The minimum Gasteiger partial charge on any atom is -0.490 e. The highest BCUT2D eigenvalue weighted by molar-refractivity contribution is 5.94. The van der Waals surface area contributed by atoms with Crippen LogP contribution in [0.4, 0.5) is 0 Å². The van der Waals surface area contributed by atoms with Crippen LogP contribution in [0.3, 0.4) is 0 Å². The molecule has 2 aliphatic carbocycles. The second kappa shape index (κ2) is 8.74. The number of piperidine rings is 1. The molecule has 1 atom stereocenters. The van der Waals surface area contributed by atoms with Crippen molar-refractivity contribution in [2.75, 3.05) is 13.1 Å². The van der Waals surface area contributed by atoms with Gasteiger partial charge < -0.3 is 15.0 Å². The highest BCUT2D eigenvalue weighted by atomic mass is 16.5. The zero-order valence-corrected chi connectivity index (χ0v) is 17.9. The standard InChI is InChI=1S/C26H30N2O3/c29-25(27-24-7-3-5-18-4-1-2-6-23(18)24)19-10-12-21(13-11-19)31-22-14-16-28(17-15-22)26(30)20-8-9-20/h1-2,4,6,10-13,20,22,24H,3,5,7-9,14-17H2,(H,27,29)/t24-/m0/s1. The Morgan fingerprint density at radius 2 is 1.65 bits per heavy atom. The Morgan fingerprint density at radius 1 is 0.903 bits per heavy atom. The summed E-state index contributed by atoms with van der Waals surface area (Å²) in [5.41, 5.74) is 3.24. The maximum Gasteiger partial charge on any atom is 0.251 e. The fraction of sp³-hybridized carbons (Fsp3) is 0.462. The highest BCUT2D eigenvalue weighted by Gasteiger charge is 2.35. The van der Waals surface area contributed by atoms with Crippen molar-refractivity contribution in [1.82, 2.24) is 10.2 Å².